The third-order valence-corrected chi connectivity index (χ3v) is 7.62. The summed E-state index contributed by atoms with van der Waals surface area (Å²) in [5, 5.41) is 6.56. The van der Waals surface area contributed by atoms with Crippen LogP contribution in [0.25, 0.3) is 0 Å². The van der Waals surface area contributed by atoms with Gasteiger partial charge in [0.2, 0.25) is 0 Å². The molecule has 1 aromatic heterocycles. The molecule has 2 rings (SSSR count). The Balaban J connectivity index is 1.89. The van der Waals surface area contributed by atoms with Crippen LogP contribution >= 0.6 is 11.3 Å². The Morgan fingerprint density at radius 2 is 1.81 bits per heavy atom. The summed E-state index contributed by atoms with van der Waals surface area (Å²) < 4.78 is 25.9. The van der Waals surface area contributed by atoms with Crippen LogP contribution in [0.4, 0.5) is 0 Å². The van der Waals surface area contributed by atoms with Crippen molar-refractivity contribution in [2.45, 2.75) is 30.5 Å². The highest BCUT2D eigenvalue weighted by molar-refractivity contribution is 7.91. The number of aryl methyl sites for hydroxylation is 1. The zero-order valence-electron chi connectivity index (χ0n) is 16.5. The summed E-state index contributed by atoms with van der Waals surface area (Å²) >= 11 is 1.27. The number of guanidine groups is 1. The maximum Gasteiger partial charge on any atom is 0.252 e. The lowest BCUT2D eigenvalue weighted by atomic mass is 10.0. The van der Waals surface area contributed by atoms with Gasteiger partial charge < -0.3 is 10.6 Å². The molecule has 1 atom stereocenters. The molecular formula is C19H28N4O2S2. The van der Waals surface area contributed by atoms with Crippen molar-refractivity contribution in [2.75, 3.05) is 27.7 Å². The molecule has 1 unspecified atom stereocenters. The molecule has 0 bridgehead atoms. The van der Waals surface area contributed by atoms with E-state index in [1.54, 1.807) is 13.1 Å². The first kappa shape index (κ1) is 21.4. The number of hydrogen-bond acceptors (Lipinski definition) is 4. The van der Waals surface area contributed by atoms with E-state index in [2.05, 4.69) is 53.7 Å². The zero-order chi connectivity index (χ0) is 20.0. The summed E-state index contributed by atoms with van der Waals surface area (Å²) in [6, 6.07) is 12.0. The lowest BCUT2D eigenvalue weighted by Gasteiger charge is -2.16. The Labute approximate surface area is 166 Å². The molecule has 2 aromatic rings. The van der Waals surface area contributed by atoms with Crippen molar-refractivity contribution >= 4 is 27.3 Å². The first-order valence-electron chi connectivity index (χ1n) is 8.76. The molecule has 0 saturated carbocycles. The van der Waals surface area contributed by atoms with Crippen molar-refractivity contribution < 1.29 is 8.42 Å². The van der Waals surface area contributed by atoms with Crippen LogP contribution < -0.4 is 10.6 Å². The molecule has 0 aliphatic rings. The molecular weight excluding hydrogens is 380 g/mol. The summed E-state index contributed by atoms with van der Waals surface area (Å²) in [5.41, 5.74) is 2.53. The quantitative estimate of drug-likeness (QED) is 0.546. The fourth-order valence-electron chi connectivity index (χ4n) is 2.43. The van der Waals surface area contributed by atoms with E-state index >= 15 is 0 Å². The van der Waals surface area contributed by atoms with Crippen molar-refractivity contribution in [1.29, 1.82) is 0 Å². The largest absolute Gasteiger partial charge is 0.356 e. The first-order chi connectivity index (χ1) is 12.7. The van der Waals surface area contributed by atoms with Crippen LogP contribution in [-0.2, 0) is 16.6 Å². The number of sulfonamides is 1. The fraction of sp³-hybridized carbons (Fsp3) is 0.421. The van der Waals surface area contributed by atoms with E-state index in [9.17, 15) is 8.42 Å². The van der Waals surface area contributed by atoms with Gasteiger partial charge in [0.05, 0.1) is 6.54 Å². The average molecular weight is 409 g/mol. The first-order valence-corrected chi connectivity index (χ1v) is 11.0. The smallest absolute Gasteiger partial charge is 0.252 e. The van der Waals surface area contributed by atoms with Gasteiger partial charge in [-0.25, -0.2) is 12.7 Å². The van der Waals surface area contributed by atoms with Crippen molar-refractivity contribution in [2.24, 2.45) is 4.99 Å². The van der Waals surface area contributed by atoms with Crippen molar-refractivity contribution in [3.8, 4) is 0 Å². The zero-order valence-corrected chi connectivity index (χ0v) is 18.1. The minimum absolute atomic E-state index is 0.347. The third-order valence-electron chi connectivity index (χ3n) is 4.25. The molecule has 6 nitrogen and oxygen atoms in total. The second-order valence-corrected chi connectivity index (χ2v) is 10.2. The van der Waals surface area contributed by atoms with E-state index in [1.165, 1.54) is 40.9 Å². The molecule has 0 spiro atoms. The van der Waals surface area contributed by atoms with Crippen LogP contribution in [0, 0.1) is 6.92 Å². The highest BCUT2D eigenvalue weighted by atomic mass is 32.2. The molecule has 0 saturated heterocycles. The Bertz CT molecular complexity index is 871. The van der Waals surface area contributed by atoms with Crippen LogP contribution in [0.2, 0.25) is 0 Å². The minimum atomic E-state index is -3.38. The standard InChI is InChI=1S/C19H28N4O2S2/c1-14-6-8-16(9-7-14)15(2)12-21-19(20-3)22-13-17-10-11-18(26-17)27(24,25)23(4)5/h6-11,15H,12-13H2,1-5H3,(H2,20,21,22). The SMILES string of the molecule is CN=C(NCc1ccc(S(=O)(=O)N(C)C)s1)NCC(C)c1ccc(C)cc1. The van der Waals surface area contributed by atoms with Gasteiger partial charge in [0.1, 0.15) is 4.21 Å². The van der Waals surface area contributed by atoms with Crippen molar-refractivity contribution in [1.82, 2.24) is 14.9 Å². The third kappa shape index (κ3) is 5.79. The normalized spacial score (nSPS) is 13.6. The van der Waals surface area contributed by atoms with Gasteiger partial charge in [-0.1, -0.05) is 36.8 Å². The number of nitrogens with zero attached hydrogens (tertiary/aromatic N) is 2. The summed E-state index contributed by atoms with van der Waals surface area (Å²) in [4.78, 5) is 5.17. The fourth-order valence-corrected chi connectivity index (χ4v) is 4.89. The molecule has 1 heterocycles. The number of aliphatic imine (C=N–C) groups is 1. The van der Waals surface area contributed by atoms with Gasteiger partial charge in [-0.05, 0) is 30.5 Å². The Hall–Kier alpha value is -1.90. The van der Waals surface area contributed by atoms with Crippen LogP contribution in [0.15, 0.2) is 45.6 Å². The number of benzene rings is 1. The molecule has 2 N–H and O–H groups in total. The second-order valence-electron chi connectivity index (χ2n) is 6.63. The van der Waals surface area contributed by atoms with Crippen LogP contribution in [0.1, 0.15) is 28.8 Å². The van der Waals surface area contributed by atoms with Crippen LogP contribution in [0.5, 0.6) is 0 Å². The lowest BCUT2D eigenvalue weighted by Crippen LogP contribution is -2.38. The van der Waals surface area contributed by atoms with Gasteiger partial charge in [-0.2, -0.15) is 0 Å². The highest BCUT2D eigenvalue weighted by Crippen LogP contribution is 2.23. The Kier molecular flexibility index (Phi) is 7.41. The lowest BCUT2D eigenvalue weighted by molar-refractivity contribution is 0.523. The molecule has 0 amide bonds. The summed E-state index contributed by atoms with van der Waals surface area (Å²) in [6.07, 6.45) is 0. The number of thiophene rings is 1. The van der Waals surface area contributed by atoms with Gasteiger partial charge in [0, 0.05) is 32.6 Å². The van der Waals surface area contributed by atoms with Gasteiger partial charge in [-0.15, -0.1) is 11.3 Å². The van der Waals surface area contributed by atoms with E-state index in [0.29, 0.717) is 22.6 Å². The minimum Gasteiger partial charge on any atom is -0.356 e. The molecule has 148 valence electrons. The average Bonchev–Trinajstić information content (AvgIpc) is 3.12. The topological polar surface area (TPSA) is 73.8 Å². The van der Waals surface area contributed by atoms with E-state index in [1.807, 2.05) is 6.07 Å². The second kappa shape index (κ2) is 9.34. The van der Waals surface area contributed by atoms with Crippen molar-refractivity contribution in [3.05, 3.63) is 52.4 Å². The summed E-state index contributed by atoms with van der Waals surface area (Å²) in [5.74, 6) is 1.04. The predicted octanol–water partition coefficient (Wildman–Crippen LogP) is 2.78. The molecule has 0 aliphatic heterocycles. The maximum atomic E-state index is 12.2. The van der Waals surface area contributed by atoms with E-state index < -0.39 is 10.0 Å². The van der Waals surface area contributed by atoms with Gasteiger partial charge in [0.15, 0.2) is 5.96 Å². The monoisotopic (exact) mass is 408 g/mol. The van der Waals surface area contributed by atoms with Crippen LogP contribution in [-0.4, -0.2) is 46.4 Å². The molecule has 0 aliphatic carbocycles. The predicted molar refractivity (Wildman–Crippen MR) is 113 cm³/mol. The Morgan fingerprint density at radius 3 is 2.41 bits per heavy atom. The molecule has 27 heavy (non-hydrogen) atoms. The molecule has 0 fully saturated rings. The summed E-state index contributed by atoms with van der Waals surface area (Å²) in [6.45, 7) is 5.53. The van der Waals surface area contributed by atoms with Crippen molar-refractivity contribution in [3.63, 3.8) is 0 Å². The van der Waals surface area contributed by atoms with E-state index in [4.69, 9.17) is 0 Å². The molecule has 8 heteroatoms. The molecule has 0 radical (unpaired) electrons. The molecule has 1 aromatic carbocycles. The summed E-state index contributed by atoms with van der Waals surface area (Å²) in [7, 11) is 1.42. The maximum absolute atomic E-state index is 12.2. The van der Waals surface area contributed by atoms with Gasteiger partial charge in [0.25, 0.3) is 10.0 Å². The number of hydrogen-bond donors (Lipinski definition) is 2. The van der Waals surface area contributed by atoms with E-state index in [-0.39, 0.29) is 0 Å². The van der Waals surface area contributed by atoms with E-state index in [0.717, 1.165) is 11.4 Å². The Morgan fingerprint density at radius 1 is 1.15 bits per heavy atom. The number of nitrogens with one attached hydrogen (secondary N) is 2. The van der Waals surface area contributed by atoms with Crippen LogP contribution in [0.3, 0.4) is 0 Å². The highest BCUT2D eigenvalue weighted by Gasteiger charge is 2.19. The number of rotatable bonds is 7. The van der Waals surface area contributed by atoms with Gasteiger partial charge >= 0.3 is 0 Å². The van der Waals surface area contributed by atoms with Gasteiger partial charge in [-0.3, -0.25) is 4.99 Å².